The van der Waals surface area contributed by atoms with Crippen molar-refractivity contribution in [1.29, 1.82) is 0 Å². The first-order valence-electron chi connectivity index (χ1n) is 7.74. The van der Waals surface area contributed by atoms with Crippen molar-refractivity contribution in [1.82, 2.24) is 9.55 Å². The van der Waals surface area contributed by atoms with E-state index >= 15 is 0 Å². The number of rotatable bonds is 4. The van der Waals surface area contributed by atoms with Crippen molar-refractivity contribution in [3.05, 3.63) is 57.8 Å². The highest BCUT2D eigenvalue weighted by Gasteiger charge is 2.26. The minimum absolute atomic E-state index is 0.101. The van der Waals surface area contributed by atoms with Gasteiger partial charge >= 0.3 is 5.97 Å². The molecule has 1 unspecified atom stereocenters. The summed E-state index contributed by atoms with van der Waals surface area (Å²) in [6, 6.07) is 9.23. The van der Waals surface area contributed by atoms with E-state index in [1.807, 2.05) is 30.3 Å². The van der Waals surface area contributed by atoms with Crippen molar-refractivity contribution in [2.75, 3.05) is 6.61 Å². The Bertz CT molecular complexity index is 801. The number of carbonyl (C=O) groups is 1. The molecule has 0 saturated carbocycles. The first-order chi connectivity index (χ1) is 11.6. The van der Waals surface area contributed by atoms with Crippen molar-refractivity contribution in [2.45, 2.75) is 32.6 Å². The van der Waals surface area contributed by atoms with Gasteiger partial charge in [0.2, 0.25) is 5.75 Å². The van der Waals surface area contributed by atoms with E-state index in [1.54, 1.807) is 6.92 Å². The molecule has 24 heavy (non-hydrogen) atoms. The average molecular weight is 330 g/mol. The number of hydrogen-bond acceptors (Lipinski definition) is 5. The minimum atomic E-state index is -1.30. The molecule has 1 aliphatic heterocycles. The first-order valence-corrected chi connectivity index (χ1v) is 7.74. The molecule has 2 aromatic rings. The average Bonchev–Trinajstić information content (AvgIpc) is 2.76. The predicted molar refractivity (Wildman–Crippen MR) is 85.2 cm³/mol. The molecule has 7 heteroatoms. The molecule has 0 radical (unpaired) electrons. The van der Waals surface area contributed by atoms with Crippen LogP contribution >= 0.6 is 0 Å². The lowest BCUT2D eigenvalue weighted by molar-refractivity contribution is 0.0637. The van der Waals surface area contributed by atoms with Crippen molar-refractivity contribution in [3.63, 3.8) is 0 Å². The molecule has 126 valence electrons. The highest BCUT2D eigenvalue weighted by molar-refractivity contribution is 5.88. The van der Waals surface area contributed by atoms with Crippen molar-refractivity contribution in [2.24, 2.45) is 0 Å². The van der Waals surface area contributed by atoms with Gasteiger partial charge in [0.05, 0.1) is 0 Å². The van der Waals surface area contributed by atoms with Gasteiger partial charge in [-0.1, -0.05) is 30.3 Å². The summed E-state index contributed by atoms with van der Waals surface area (Å²) in [6.45, 7) is 2.77. The molecule has 3 rings (SSSR count). The molecule has 7 nitrogen and oxygen atoms in total. The second-order valence-corrected chi connectivity index (χ2v) is 5.55. The zero-order chi connectivity index (χ0) is 17.1. The lowest BCUT2D eigenvalue weighted by Gasteiger charge is -2.16. The van der Waals surface area contributed by atoms with Crippen LogP contribution < -0.4 is 10.3 Å². The normalized spacial score (nSPS) is 17.0. The summed E-state index contributed by atoms with van der Waals surface area (Å²) < 4.78 is 12.5. The fourth-order valence-electron chi connectivity index (χ4n) is 2.64. The van der Waals surface area contributed by atoms with Gasteiger partial charge < -0.3 is 14.6 Å². The molecule has 1 aromatic carbocycles. The maximum atomic E-state index is 12.7. The Hall–Kier alpha value is -2.67. The van der Waals surface area contributed by atoms with E-state index in [9.17, 15) is 14.7 Å². The van der Waals surface area contributed by atoms with Gasteiger partial charge in [0.1, 0.15) is 18.5 Å². The monoisotopic (exact) mass is 330 g/mol. The van der Waals surface area contributed by atoms with E-state index in [0.717, 1.165) is 5.56 Å². The fourth-order valence-corrected chi connectivity index (χ4v) is 2.64. The smallest absolute Gasteiger partial charge is 0.358 e. The van der Waals surface area contributed by atoms with E-state index < -0.39 is 17.6 Å². The number of aromatic carboxylic acids is 1. The molecule has 1 aliphatic rings. The van der Waals surface area contributed by atoms with Gasteiger partial charge in [0.25, 0.3) is 5.56 Å². The third-order valence-corrected chi connectivity index (χ3v) is 3.84. The Balaban J connectivity index is 2.02. The van der Waals surface area contributed by atoms with Crippen LogP contribution in [0.2, 0.25) is 0 Å². The molecule has 0 amide bonds. The van der Waals surface area contributed by atoms with Crippen molar-refractivity contribution >= 4 is 5.97 Å². The second kappa shape index (κ2) is 6.84. The minimum Gasteiger partial charge on any atom is -0.481 e. The summed E-state index contributed by atoms with van der Waals surface area (Å²) in [5, 5.41) is 9.41. The summed E-state index contributed by atoms with van der Waals surface area (Å²) in [4.78, 5) is 28.4. The SMILES string of the molecule is CC1OCCCn2c1nc(C(=O)O)c(OCc1ccccc1)c2=O. The van der Waals surface area contributed by atoms with Gasteiger partial charge in [0, 0.05) is 13.2 Å². The number of fused-ring (bicyclic) bond motifs is 1. The third kappa shape index (κ3) is 3.16. The molecule has 0 saturated heterocycles. The molecule has 0 aliphatic carbocycles. The van der Waals surface area contributed by atoms with Crippen LogP contribution in [-0.4, -0.2) is 27.2 Å². The van der Waals surface area contributed by atoms with Crippen molar-refractivity contribution < 1.29 is 19.4 Å². The lowest BCUT2D eigenvalue weighted by Crippen LogP contribution is -2.29. The van der Waals surface area contributed by atoms with Gasteiger partial charge in [-0.2, -0.15) is 0 Å². The van der Waals surface area contributed by atoms with Gasteiger partial charge in [-0.25, -0.2) is 9.78 Å². The molecular weight excluding hydrogens is 312 g/mol. The fraction of sp³-hybridized carbons (Fsp3) is 0.353. The van der Waals surface area contributed by atoms with Gasteiger partial charge in [-0.3, -0.25) is 9.36 Å². The van der Waals surface area contributed by atoms with Crippen molar-refractivity contribution in [3.8, 4) is 5.75 Å². The van der Waals surface area contributed by atoms with E-state index in [-0.39, 0.29) is 18.1 Å². The molecule has 2 heterocycles. The molecule has 0 bridgehead atoms. The highest BCUT2D eigenvalue weighted by atomic mass is 16.5. The second-order valence-electron chi connectivity index (χ2n) is 5.55. The van der Waals surface area contributed by atoms with Crippen LogP contribution in [0.4, 0.5) is 0 Å². The Kier molecular flexibility index (Phi) is 4.61. The number of carboxylic acid groups (broad SMARTS) is 1. The topological polar surface area (TPSA) is 90.7 Å². The number of nitrogens with zero attached hydrogens (tertiary/aromatic N) is 2. The summed E-state index contributed by atoms with van der Waals surface area (Å²) in [5.74, 6) is -1.21. The van der Waals surface area contributed by atoms with Gasteiger partial charge in [0.15, 0.2) is 5.69 Å². The van der Waals surface area contributed by atoms with E-state index in [1.165, 1.54) is 4.57 Å². The molecule has 1 N–H and O–H groups in total. The number of ether oxygens (including phenoxy) is 2. The van der Waals surface area contributed by atoms with E-state index in [2.05, 4.69) is 4.98 Å². The Labute approximate surface area is 138 Å². The van der Waals surface area contributed by atoms with Crippen LogP contribution in [0.15, 0.2) is 35.1 Å². The van der Waals surface area contributed by atoms with Gasteiger partial charge in [-0.05, 0) is 18.9 Å². The Morgan fingerprint density at radius 3 is 2.88 bits per heavy atom. The van der Waals surface area contributed by atoms with Crippen LogP contribution in [-0.2, 0) is 17.9 Å². The quantitative estimate of drug-likeness (QED) is 0.922. The van der Waals surface area contributed by atoms with Crippen LogP contribution in [0.5, 0.6) is 5.75 Å². The summed E-state index contributed by atoms with van der Waals surface area (Å²) in [6.07, 6.45) is 0.213. The third-order valence-electron chi connectivity index (χ3n) is 3.84. The molecule has 0 spiro atoms. The zero-order valence-electron chi connectivity index (χ0n) is 13.3. The number of aromatic nitrogens is 2. The van der Waals surface area contributed by atoms with Crippen LogP contribution in [0.1, 0.15) is 41.3 Å². The highest BCUT2D eigenvalue weighted by Crippen LogP contribution is 2.22. The van der Waals surface area contributed by atoms with Crippen LogP contribution in [0.25, 0.3) is 0 Å². The Morgan fingerprint density at radius 1 is 1.42 bits per heavy atom. The molecule has 1 aromatic heterocycles. The summed E-state index contributed by atoms with van der Waals surface area (Å²) in [7, 11) is 0. The maximum Gasteiger partial charge on any atom is 0.358 e. The molecular formula is C17H18N2O5. The lowest BCUT2D eigenvalue weighted by atomic mass is 10.2. The standard InChI is InChI=1S/C17H18N2O5/c1-11-15-18-13(17(21)22)14(16(20)19(15)8-5-9-23-11)24-10-12-6-3-2-4-7-12/h2-4,6-7,11H,5,8-10H2,1H3,(H,21,22). The van der Waals surface area contributed by atoms with Crippen LogP contribution in [0.3, 0.4) is 0 Å². The zero-order valence-corrected chi connectivity index (χ0v) is 13.3. The van der Waals surface area contributed by atoms with Gasteiger partial charge in [-0.15, -0.1) is 0 Å². The number of benzene rings is 1. The van der Waals surface area contributed by atoms with E-state index in [0.29, 0.717) is 25.4 Å². The number of hydrogen-bond donors (Lipinski definition) is 1. The Morgan fingerprint density at radius 2 is 2.17 bits per heavy atom. The summed E-state index contributed by atoms with van der Waals surface area (Å²) >= 11 is 0. The summed E-state index contributed by atoms with van der Waals surface area (Å²) in [5.41, 5.74) is -0.0184. The molecule has 0 fully saturated rings. The molecule has 1 atom stereocenters. The first kappa shape index (κ1) is 16.2. The van der Waals surface area contributed by atoms with E-state index in [4.69, 9.17) is 9.47 Å². The maximum absolute atomic E-state index is 12.7. The number of carboxylic acids is 1. The predicted octanol–water partition coefficient (Wildman–Crippen LogP) is 2.00. The largest absolute Gasteiger partial charge is 0.481 e. The van der Waals surface area contributed by atoms with Crippen LogP contribution in [0, 0.1) is 0 Å².